The van der Waals surface area contributed by atoms with Crippen molar-refractivity contribution >= 4 is 34.1 Å². The van der Waals surface area contributed by atoms with Crippen LogP contribution in [0.3, 0.4) is 0 Å². The van der Waals surface area contributed by atoms with Gasteiger partial charge in [0.2, 0.25) is 0 Å². The molecule has 0 saturated heterocycles. The molecule has 3 N–H and O–H groups in total. The topological polar surface area (TPSA) is 41.8 Å². The molecule has 0 bridgehead atoms. The van der Waals surface area contributed by atoms with Crippen molar-refractivity contribution in [1.82, 2.24) is 4.98 Å². The van der Waals surface area contributed by atoms with E-state index in [-0.39, 0.29) is 5.82 Å². The monoisotopic (exact) mass is 350 g/mol. The van der Waals surface area contributed by atoms with Gasteiger partial charge in [-0.15, -0.1) is 0 Å². The lowest BCUT2D eigenvalue weighted by Gasteiger charge is -2.09. The van der Waals surface area contributed by atoms with E-state index in [0.717, 1.165) is 35.9 Å². The Balaban J connectivity index is 2.22. The second-order valence-corrected chi connectivity index (χ2v) is 6.30. The highest BCUT2D eigenvalue weighted by atomic mass is 35.5. The van der Waals surface area contributed by atoms with E-state index in [1.54, 1.807) is 24.3 Å². The molecule has 3 rings (SSSR count). The van der Waals surface area contributed by atoms with Crippen molar-refractivity contribution in [2.24, 2.45) is 5.73 Å². The van der Waals surface area contributed by atoms with Gasteiger partial charge < -0.3 is 10.7 Å². The van der Waals surface area contributed by atoms with Crippen LogP contribution in [-0.4, -0.2) is 11.5 Å². The molecule has 0 aliphatic heterocycles. The van der Waals surface area contributed by atoms with Crippen molar-refractivity contribution in [3.63, 3.8) is 0 Å². The highest BCUT2D eigenvalue weighted by molar-refractivity contribution is 6.39. The maximum absolute atomic E-state index is 14.2. The van der Waals surface area contributed by atoms with Crippen LogP contribution in [-0.2, 0) is 6.42 Å². The van der Waals surface area contributed by atoms with E-state index in [2.05, 4.69) is 4.98 Å². The smallest absolute Gasteiger partial charge is 0.147 e. The van der Waals surface area contributed by atoms with Gasteiger partial charge in [0.05, 0.1) is 21.3 Å². The van der Waals surface area contributed by atoms with Crippen molar-refractivity contribution < 1.29 is 4.39 Å². The number of rotatable bonds is 5. The highest BCUT2D eigenvalue weighted by Gasteiger charge is 2.19. The first kappa shape index (κ1) is 16.3. The Morgan fingerprint density at radius 1 is 1.00 bits per heavy atom. The molecule has 0 spiro atoms. The minimum atomic E-state index is -0.281. The number of hydrogen-bond donors (Lipinski definition) is 2. The standard InChI is InChI=1S/C18H17Cl2FN2/c19-13-7-4-8-14(20)16(13)18-12(5-1-2-10-22)11-6-3-9-15(21)17(11)23-18/h3-4,6-9,23H,1-2,5,10,22H2. The largest absolute Gasteiger partial charge is 0.352 e. The number of fused-ring (bicyclic) bond motifs is 1. The molecule has 23 heavy (non-hydrogen) atoms. The number of halogens is 3. The molecule has 5 heteroatoms. The number of para-hydroxylation sites is 1. The molecule has 1 aromatic heterocycles. The fourth-order valence-electron chi connectivity index (χ4n) is 2.89. The van der Waals surface area contributed by atoms with Crippen LogP contribution in [0.4, 0.5) is 4.39 Å². The van der Waals surface area contributed by atoms with Crippen LogP contribution in [0.5, 0.6) is 0 Å². The molecule has 0 radical (unpaired) electrons. The molecule has 0 aliphatic carbocycles. The molecular weight excluding hydrogens is 334 g/mol. The normalized spacial score (nSPS) is 11.3. The molecule has 0 fully saturated rings. The fourth-order valence-corrected chi connectivity index (χ4v) is 3.48. The molecule has 2 aromatic carbocycles. The summed E-state index contributed by atoms with van der Waals surface area (Å²) in [4.78, 5) is 3.18. The Kier molecular flexibility index (Phi) is 4.90. The summed E-state index contributed by atoms with van der Waals surface area (Å²) in [6, 6.07) is 10.4. The van der Waals surface area contributed by atoms with Gasteiger partial charge in [0.15, 0.2) is 0 Å². The molecule has 0 amide bonds. The van der Waals surface area contributed by atoms with E-state index in [4.69, 9.17) is 28.9 Å². The summed E-state index contributed by atoms with van der Waals surface area (Å²) in [7, 11) is 0. The van der Waals surface area contributed by atoms with Crippen molar-refractivity contribution in [3.05, 3.63) is 57.8 Å². The molecule has 0 saturated carbocycles. The fraction of sp³-hybridized carbons (Fsp3) is 0.222. The van der Waals surface area contributed by atoms with Crippen LogP contribution in [0, 0.1) is 5.82 Å². The van der Waals surface area contributed by atoms with Gasteiger partial charge in [-0.05, 0) is 49.6 Å². The van der Waals surface area contributed by atoms with E-state index in [1.807, 2.05) is 6.07 Å². The molecule has 0 atom stereocenters. The highest BCUT2D eigenvalue weighted by Crippen LogP contribution is 2.39. The van der Waals surface area contributed by atoms with Gasteiger partial charge in [-0.1, -0.05) is 41.4 Å². The van der Waals surface area contributed by atoms with Gasteiger partial charge >= 0.3 is 0 Å². The Bertz CT molecular complexity index is 822. The first-order valence-electron chi connectivity index (χ1n) is 7.57. The van der Waals surface area contributed by atoms with Crippen LogP contribution in [0.25, 0.3) is 22.2 Å². The maximum Gasteiger partial charge on any atom is 0.147 e. The maximum atomic E-state index is 14.2. The summed E-state index contributed by atoms with van der Waals surface area (Å²) in [5, 5.41) is 1.96. The molecular formula is C18H17Cl2FN2. The lowest BCUT2D eigenvalue weighted by atomic mass is 10.00. The quantitative estimate of drug-likeness (QED) is 0.581. The zero-order chi connectivity index (χ0) is 16.4. The molecule has 1 heterocycles. The first-order valence-corrected chi connectivity index (χ1v) is 8.32. The average molecular weight is 351 g/mol. The van der Waals surface area contributed by atoms with Crippen molar-refractivity contribution in [3.8, 4) is 11.3 Å². The van der Waals surface area contributed by atoms with Crippen LogP contribution in [0.2, 0.25) is 10.0 Å². The number of H-pyrrole nitrogens is 1. The van der Waals surface area contributed by atoms with Crippen LogP contribution < -0.4 is 5.73 Å². The van der Waals surface area contributed by atoms with Crippen molar-refractivity contribution in [2.75, 3.05) is 6.54 Å². The minimum absolute atomic E-state index is 0.281. The van der Waals surface area contributed by atoms with Gasteiger partial charge in [-0.2, -0.15) is 0 Å². The third kappa shape index (κ3) is 3.09. The Labute approximate surface area is 144 Å². The number of aryl methyl sites for hydroxylation is 1. The van der Waals surface area contributed by atoms with Crippen LogP contribution in [0.15, 0.2) is 36.4 Å². The van der Waals surface area contributed by atoms with Gasteiger partial charge in [-0.25, -0.2) is 4.39 Å². The van der Waals surface area contributed by atoms with Crippen molar-refractivity contribution in [2.45, 2.75) is 19.3 Å². The zero-order valence-corrected chi connectivity index (χ0v) is 14.0. The summed E-state index contributed by atoms with van der Waals surface area (Å²) in [5.74, 6) is -0.281. The van der Waals surface area contributed by atoms with Crippen LogP contribution >= 0.6 is 23.2 Å². The predicted octanol–water partition coefficient (Wildman–Crippen LogP) is 5.56. The summed E-state index contributed by atoms with van der Waals surface area (Å²) in [5.41, 5.74) is 8.62. The summed E-state index contributed by atoms with van der Waals surface area (Å²) < 4.78 is 14.2. The average Bonchev–Trinajstić information content (AvgIpc) is 2.88. The lowest BCUT2D eigenvalue weighted by molar-refractivity contribution is 0.637. The van der Waals surface area contributed by atoms with Gasteiger partial charge in [-0.3, -0.25) is 0 Å². The molecule has 120 valence electrons. The van der Waals surface area contributed by atoms with Gasteiger partial charge in [0.25, 0.3) is 0 Å². The van der Waals surface area contributed by atoms with E-state index < -0.39 is 0 Å². The van der Waals surface area contributed by atoms with Crippen molar-refractivity contribution in [1.29, 1.82) is 0 Å². The number of unbranched alkanes of at least 4 members (excludes halogenated alkanes) is 1. The minimum Gasteiger partial charge on any atom is -0.352 e. The SMILES string of the molecule is NCCCCc1c(-c2c(Cl)cccc2Cl)[nH]c2c(F)cccc12. The lowest BCUT2D eigenvalue weighted by Crippen LogP contribution is -1.99. The summed E-state index contributed by atoms with van der Waals surface area (Å²) >= 11 is 12.7. The van der Waals surface area contributed by atoms with E-state index in [1.165, 1.54) is 6.07 Å². The van der Waals surface area contributed by atoms with E-state index >= 15 is 0 Å². The third-order valence-corrected chi connectivity index (χ3v) is 4.61. The van der Waals surface area contributed by atoms with Crippen LogP contribution in [0.1, 0.15) is 18.4 Å². The number of hydrogen-bond acceptors (Lipinski definition) is 1. The third-order valence-electron chi connectivity index (χ3n) is 3.98. The molecule has 0 unspecified atom stereocenters. The van der Waals surface area contributed by atoms with Gasteiger partial charge in [0.1, 0.15) is 5.82 Å². The number of nitrogens with one attached hydrogen (secondary N) is 1. The summed E-state index contributed by atoms with van der Waals surface area (Å²) in [6.07, 6.45) is 2.63. The molecule has 0 aliphatic rings. The molecule has 3 aromatic rings. The van der Waals surface area contributed by atoms with E-state index in [0.29, 0.717) is 27.7 Å². The Morgan fingerprint density at radius 3 is 2.39 bits per heavy atom. The summed E-state index contributed by atoms with van der Waals surface area (Å²) in [6.45, 7) is 0.638. The second-order valence-electron chi connectivity index (χ2n) is 5.48. The van der Waals surface area contributed by atoms with E-state index in [9.17, 15) is 4.39 Å². The number of benzene rings is 2. The zero-order valence-electron chi connectivity index (χ0n) is 12.5. The Hall–Kier alpha value is -1.55. The number of aromatic nitrogens is 1. The first-order chi connectivity index (χ1) is 11.1. The Morgan fingerprint density at radius 2 is 1.70 bits per heavy atom. The number of aromatic amines is 1. The second kappa shape index (κ2) is 6.91. The van der Waals surface area contributed by atoms with Gasteiger partial charge in [0, 0.05) is 10.9 Å². The predicted molar refractivity (Wildman–Crippen MR) is 95.7 cm³/mol. The number of nitrogens with two attached hydrogens (primary N) is 1. The molecule has 2 nitrogen and oxygen atoms in total.